The first-order valence-corrected chi connectivity index (χ1v) is 6.13. The summed E-state index contributed by atoms with van der Waals surface area (Å²) in [6.07, 6.45) is 4.61. The largest absolute Gasteiger partial charge is 0.420 e. The van der Waals surface area contributed by atoms with Gasteiger partial charge in [-0.3, -0.25) is 0 Å². The zero-order valence-corrected chi connectivity index (χ0v) is 10.4. The van der Waals surface area contributed by atoms with Gasteiger partial charge in [-0.2, -0.15) is 0 Å². The van der Waals surface area contributed by atoms with E-state index in [1.807, 2.05) is 0 Å². The molecule has 0 radical (unpaired) electrons. The first-order valence-electron chi connectivity index (χ1n) is 6.13. The Morgan fingerprint density at radius 2 is 1.71 bits per heavy atom. The van der Waals surface area contributed by atoms with Crippen LogP contribution < -0.4 is 5.32 Å². The third-order valence-corrected chi connectivity index (χ3v) is 2.77. The molecule has 0 aromatic heterocycles. The van der Waals surface area contributed by atoms with Crippen LogP contribution in [0, 0.1) is 0 Å². The van der Waals surface area contributed by atoms with Crippen LogP contribution in [0.25, 0.3) is 0 Å². The molecule has 0 bridgehead atoms. The van der Waals surface area contributed by atoms with Crippen molar-refractivity contribution in [1.29, 1.82) is 0 Å². The molecule has 0 saturated carbocycles. The van der Waals surface area contributed by atoms with Crippen LogP contribution in [0.4, 0.5) is 0 Å². The fraction of sp³-hybridized carbons (Fsp3) is 1.00. The molecule has 0 spiro atoms. The summed E-state index contributed by atoms with van der Waals surface area (Å²) >= 11 is 0. The molecule has 0 aliphatic carbocycles. The summed E-state index contributed by atoms with van der Waals surface area (Å²) in [4.78, 5) is 0. The van der Waals surface area contributed by atoms with Gasteiger partial charge in [0.05, 0.1) is 0 Å². The van der Waals surface area contributed by atoms with Gasteiger partial charge < -0.3 is 9.68 Å². The van der Waals surface area contributed by atoms with E-state index >= 15 is 0 Å². The molecule has 1 atom stereocenters. The average molecular weight is 202 g/mol. The van der Waals surface area contributed by atoms with Crippen molar-refractivity contribution < 1.29 is 4.37 Å². The number of nitrogens with one attached hydrogen (secondary N) is 1. The van der Waals surface area contributed by atoms with Gasteiger partial charge >= 0.3 is 0 Å². The summed E-state index contributed by atoms with van der Waals surface area (Å²) in [7, 11) is 0. The molecule has 0 heterocycles. The van der Waals surface area contributed by atoms with Crippen LogP contribution in [0.3, 0.4) is 0 Å². The Bertz CT molecular complexity index is 113. The van der Waals surface area contributed by atoms with E-state index in [-0.39, 0.29) is 0 Å². The monoisotopic (exact) mass is 202 g/mol. The molecule has 0 aliphatic heterocycles. The fourth-order valence-corrected chi connectivity index (χ4v) is 1.80. The molecule has 2 heteroatoms. The number of hydrogen-bond acceptors (Lipinski definition) is 1. The Morgan fingerprint density at radius 3 is 2.21 bits per heavy atom. The van der Waals surface area contributed by atoms with Gasteiger partial charge in [-0.25, -0.2) is 0 Å². The molecule has 0 fully saturated rings. The van der Waals surface area contributed by atoms with Gasteiger partial charge in [0.1, 0.15) is 13.2 Å². The second-order valence-electron chi connectivity index (χ2n) is 3.77. The van der Waals surface area contributed by atoms with Gasteiger partial charge in [0.2, 0.25) is 0 Å². The maximum Gasteiger partial charge on any atom is 0.152 e. The standard InChI is InChI=1S/C12H28NO/c1-5-13-11-9-8-10-12(4)14(6-2)7-3/h12-13H,5-11H2,1-4H3/q+1. The lowest BCUT2D eigenvalue weighted by Crippen LogP contribution is -2.24. The Hall–Kier alpha value is -0.0800. The molecule has 86 valence electrons. The molecule has 0 amide bonds. The highest BCUT2D eigenvalue weighted by atomic mass is 16.7. The van der Waals surface area contributed by atoms with E-state index in [0.29, 0.717) is 6.10 Å². The van der Waals surface area contributed by atoms with Gasteiger partial charge in [-0.15, -0.1) is 0 Å². The minimum Gasteiger partial charge on any atom is -0.420 e. The van der Waals surface area contributed by atoms with Crippen molar-refractivity contribution in [2.45, 2.75) is 53.1 Å². The lowest BCUT2D eigenvalue weighted by molar-refractivity contribution is -0.176. The van der Waals surface area contributed by atoms with Crippen molar-refractivity contribution in [2.24, 2.45) is 0 Å². The molecular weight excluding hydrogens is 174 g/mol. The van der Waals surface area contributed by atoms with Crippen LogP contribution >= 0.6 is 0 Å². The molecule has 1 N–H and O–H groups in total. The molecule has 0 saturated heterocycles. The molecule has 14 heavy (non-hydrogen) atoms. The van der Waals surface area contributed by atoms with Crippen molar-refractivity contribution in [3.63, 3.8) is 0 Å². The van der Waals surface area contributed by atoms with Gasteiger partial charge in [-0.05, 0) is 25.9 Å². The van der Waals surface area contributed by atoms with Gasteiger partial charge in [0.25, 0.3) is 0 Å². The van der Waals surface area contributed by atoms with E-state index in [1.54, 1.807) is 0 Å². The Labute approximate surface area is 89.7 Å². The fourth-order valence-electron chi connectivity index (χ4n) is 1.80. The van der Waals surface area contributed by atoms with Gasteiger partial charge in [-0.1, -0.05) is 6.92 Å². The first-order chi connectivity index (χ1) is 6.76. The Balaban J connectivity index is 3.37. The van der Waals surface area contributed by atoms with Crippen LogP contribution in [-0.4, -0.2) is 32.4 Å². The number of hydrogen-bond donors (Lipinski definition) is 1. The Morgan fingerprint density at radius 1 is 1.07 bits per heavy atom. The quantitative estimate of drug-likeness (QED) is 0.449. The minimum atomic E-state index is 0.673. The Kier molecular flexibility index (Phi) is 9.42. The molecule has 0 rings (SSSR count). The summed E-state index contributed by atoms with van der Waals surface area (Å²) in [5.41, 5.74) is 0. The molecule has 1 unspecified atom stereocenters. The molecule has 2 nitrogen and oxygen atoms in total. The van der Waals surface area contributed by atoms with E-state index in [2.05, 4.69) is 37.4 Å². The number of rotatable bonds is 9. The predicted octanol–water partition coefficient (Wildman–Crippen LogP) is 2.75. The van der Waals surface area contributed by atoms with Crippen LogP contribution in [0.5, 0.6) is 0 Å². The normalized spacial score (nSPS) is 13.5. The van der Waals surface area contributed by atoms with Gasteiger partial charge in [0, 0.05) is 27.2 Å². The minimum absolute atomic E-state index is 0.673. The summed E-state index contributed by atoms with van der Waals surface area (Å²) in [5.74, 6) is 0. The SMILES string of the molecule is CCNCCCCC(C)[O+](CC)CC. The highest BCUT2D eigenvalue weighted by molar-refractivity contribution is 4.56. The van der Waals surface area contributed by atoms with Crippen molar-refractivity contribution in [3.05, 3.63) is 0 Å². The van der Waals surface area contributed by atoms with Crippen molar-refractivity contribution >= 4 is 0 Å². The smallest absolute Gasteiger partial charge is 0.152 e. The van der Waals surface area contributed by atoms with E-state index in [4.69, 9.17) is 0 Å². The lowest BCUT2D eigenvalue weighted by Gasteiger charge is -2.23. The van der Waals surface area contributed by atoms with Crippen LogP contribution in [-0.2, 0) is 4.37 Å². The maximum absolute atomic E-state index is 3.36. The van der Waals surface area contributed by atoms with Gasteiger partial charge in [0.15, 0.2) is 6.10 Å². The predicted molar refractivity (Wildman–Crippen MR) is 64.0 cm³/mol. The van der Waals surface area contributed by atoms with E-state index in [0.717, 1.165) is 19.8 Å². The summed E-state index contributed by atoms with van der Waals surface area (Å²) in [6.45, 7) is 13.4. The lowest BCUT2D eigenvalue weighted by atomic mass is 10.1. The topological polar surface area (TPSA) is 14.7 Å². The summed E-state index contributed by atoms with van der Waals surface area (Å²) < 4.78 is 3.33. The zero-order valence-electron chi connectivity index (χ0n) is 10.4. The van der Waals surface area contributed by atoms with E-state index in [9.17, 15) is 0 Å². The van der Waals surface area contributed by atoms with Crippen LogP contribution in [0.2, 0.25) is 0 Å². The van der Waals surface area contributed by atoms with Crippen molar-refractivity contribution in [1.82, 2.24) is 5.32 Å². The highest BCUT2D eigenvalue weighted by Crippen LogP contribution is 2.11. The van der Waals surface area contributed by atoms with Crippen LogP contribution in [0.1, 0.15) is 47.0 Å². The van der Waals surface area contributed by atoms with E-state index in [1.165, 1.54) is 25.8 Å². The summed E-state index contributed by atoms with van der Waals surface area (Å²) in [6, 6.07) is 0. The number of unbranched alkanes of at least 4 members (excludes halogenated alkanes) is 1. The van der Waals surface area contributed by atoms with Crippen molar-refractivity contribution in [2.75, 3.05) is 26.3 Å². The van der Waals surface area contributed by atoms with Crippen molar-refractivity contribution in [3.8, 4) is 0 Å². The second-order valence-corrected chi connectivity index (χ2v) is 3.77. The second kappa shape index (κ2) is 9.47. The van der Waals surface area contributed by atoms with E-state index < -0.39 is 0 Å². The molecule has 0 aliphatic rings. The third kappa shape index (κ3) is 6.39. The maximum atomic E-state index is 3.36. The molecular formula is C12H28NO+. The zero-order chi connectivity index (χ0) is 10.8. The first kappa shape index (κ1) is 13.9. The molecule has 0 aromatic carbocycles. The average Bonchev–Trinajstić information content (AvgIpc) is 2.19. The van der Waals surface area contributed by atoms with Crippen LogP contribution in [0.15, 0.2) is 0 Å². The molecule has 0 aromatic rings. The third-order valence-electron chi connectivity index (χ3n) is 2.77. The summed E-state index contributed by atoms with van der Waals surface area (Å²) in [5, 5.41) is 3.36. The highest BCUT2D eigenvalue weighted by Gasteiger charge is 2.13.